The molecule has 2 heterocycles. The zero-order valence-electron chi connectivity index (χ0n) is 27.1. The molecule has 0 saturated heterocycles. The van der Waals surface area contributed by atoms with Gasteiger partial charge in [0.15, 0.2) is 0 Å². The van der Waals surface area contributed by atoms with E-state index in [1.165, 1.54) is 45.9 Å². The van der Waals surface area contributed by atoms with Gasteiger partial charge in [0.2, 0.25) is 0 Å². The van der Waals surface area contributed by atoms with Gasteiger partial charge >= 0.3 is 11.9 Å². The molecule has 0 fully saturated rings. The van der Waals surface area contributed by atoms with Gasteiger partial charge in [-0.25, -0.2) is 18.4 Å². The molecule has 0 aliphatic rings. The lowest BCUT2D eigenvalue weighted by molar-refractivity contribution is 0.0518. The van der Waals surface area contributed by atoms with Crippen molar-refractivity contribution in [3.63, 3.8) is 0 Å². The smallest absolute Gasteiger partial charge is 0.342 e. The third kappa shape index (κ3) is 6.59. The van der Waals surface area contributed by atoms with Crippen LogP contribution in [0.15, 0.2) is 119 Å². The van der Waals surface area contributed by atoms with Crippen LogP contribution in [0, 0.1) is 11.6 Å². The SMILES string of the molecule is CCOC(=O)c1c(-c2ccc(F)cc2)c(SSc2c(-c3ccc(F)cc3)c(C(=O)OCC)c(N)n2-c2ccccc2)n(-c2ccccc2)c1N. The Morgan fingerprint density at radius 1 is 0.580 bits per heavy atom. The van der Waals surface area contributed by atoms with Crippen LogP contribution in [-0.4, -0.2) is 34.3 Å². The maximum atomic E-state index is 14.2. The Kier molecular flexibility index (Phi) is 10.3. The Morgan fingerprint density at radius 2 is 0.920 bits per heavy atom. The summed E-state index contributed by atoms with van der Waals surface area (Å²) in [5, 5.41) is 1.05. The molecule has 6 aromatic rings. The van der Waals surface area contributed by atoms with E-state index in [9.17, 15) is 18.4 Å². The van der Waals surface area contributed by atoms with Gasteiger partial charge in [-0.3, -0.25) is 9.13 Å². The zero-order chi connectivity index (χ0) is 35.4. The number of halogens is 2. The van der Waals surface area contributed by atoms with E-state index in [1.807, 2.05) is 60.7 Å². The molecule has 12 heteroatoms. The van der Waals surface area contributed by atoms with E-state index in [1.54, 1.807) is 47.2 Å². The van der Waals surface area contributed by atoms with E-state index in [-0.39, 0.29) is 36.0 Å². The van der Waals surface area contributed by atoms with Gasteiger partial charge in [-0.1, -0.05) is 60.7 Å². The number of esters is 2. The lowest BCUT2D eigenvalue weighted by Crippen LogP contribution is -2.09. The van der Waals surface area contributed by atoms with Crippen LogP contribution in [0.3, 0.4) is 0 Å². The summed E-state index contributed by atoms with van der Waals surface area (Å²) in [6, 6.07) is 30.0. The van der Waals surface area contributed by atoms with E-state index < -0.39 is 23.6 Å². The number of carbonyl (C=O) groups excluding carboxylic acids is 2. The van der Waals surface area contributed by atoms with E-state index in [2.05, 4.69) is 0 Å². The predicted molar refractivity (Wildman–Crippen MR) is 195 cm³/mol. The highest BCUT2D eigenvalue weighted by atomic mass is 33.1. The minimum atomic E-state index is -0.639. The number of nitrogen functional groups attached to an aromatic ring is 2. The summed E-state index contributed by atoms with van der Waals surface area (Å²) in [4.78, 5) is 27.2. The monoisotopic (exact) mass is 710 g/mol. The topological polar surface area (TPSA) is 115 Å². The molecule has 4 N–H and O–H groups in total. The number of carbonyl (C=O) groups is 2. The molecule has 50 heavy (non-hydrogen) atoms. The molecule has 0 radical (unpaired) electrons. The standard InChI is InChI=1S/C38H32F2N4O4S2/c1-3-47-37(45)31-29(23-15-19-25(39)20-16-23)35(43(33(31)41)27-11-7-5-8-12-27)49-50-36-30(24-17-21-26(40)22-18-24)32(38(46)48-4-2)34(42)44(36)28-13-9-6-10-14-28/h5-22H,3-4,41-42H2,1-2H3. The highest BCUT2D eigenvalue weighted by Gasteiger charge is 2.33. The average molecular weight is 711 g/mol. The lowest BCUT2D eigenvalue weighted by atomic mass is 10.0. The van der Waals surface area contributed by atoms with Crippen molar-refractivity contribution in [1.29, 1.82) is 0 Å². The van der Waals surface area contributed by atoms with E-state index in [0.29, 0.717) is 43.7 Å². The Labute approximate surface area is 295 Å². The molecular formula is C38H32F2N4O4S2. The normalized spacial score (nSPS) is 11.0. The Hall–Kier alpha value is -5.46. The molecule has 0 amide bonds. The van der Waals surface area contributed by atoms with Crippen molar-refractivity contribution >= 4 is 45.2 Å². The summed E-state index contributed by atoms with van der Waals surface area (Å²) >= 11 is 0. The fourth-order valence-electron chi connectivity index (χ4n) is 5.63. The van der Waals surface area contributed by atoms with Crippen LogP contribution in [-0.2, 0) is 9.47 Å². The molecule has 0 aliphatic carbocycles. The van der Waals surface area contributed by atoms with Gasteiger partial charge in [0.05, 0.1) is 13.2 Å². The minimum absolute atomic E-state index is 0.108. The maximum Gasteiger partial charge on any atom is 0.342 e. The summed E-state index contributed by atoms with van der Waals surface area (Å²) < 4.78 is 42.8. The van der Waals surface area contributed by atoms with Gasteiger partial charge in [-0.2, -0.15) is 0 Å². The molecular weight excluding hydrogens is 679 g/mol. The molecule has 0 aliphatic heterocycles. The second-order valence-corrected chi connectivity index (χ2v) is 13.0. The van der Waals surface area contributed by atoms with E-state index in [4.69, 9.17) is 20.9 Å². The van der Waals surface area contributed by atoms with Crippen LogP contribution in [0.5, 0.6) is 0 Å². The molecule has 0 unspecified atom stereocenters. The summed E-state index contributed by atoms with van der Waals surface area (Å²) in [6.45, 7) is 3.62. The molecule has 254 valence electrons. The largest absolute Gasteiger partial charge is 0.462 e. The zero-order valence-corrected chi connectivity index (χ0v) is 28.7. The third-order valence-electron chi connectivity index (χ3n) is 7.78. The van der Waals surface area contributed by atoms with E-state index >= 15 is 0 Å². The van der Waals surface area contributed by atoms with Crippen LogP contribution < -0.4 is 11.5 Å². The number of hydrogen-bond donors (Lipinski definition) is 2. The Balaban J connectivity index is 1.64. The van der Waals surface area contributed by atoms with Gasteiger partial charge in [0, 0.05) is 22.5 Å². The predicted octanol–water partition coefficient (Wildman–Crippen LogP) is 9.20. The van der Waals surface area contributed by atoms with Crippen LogP contribution >= 0.6 is 21.6 Å². The molecule has 0 spiro atoms. The van der Waals surface area contributed by atoms with Crippen molar-refractivity contribution in [3.8, 4) is 33.6 Å². The van der Waals surface area contributed by atoms with Crippen molar-refractivity contribution in [3.05, 3.63) is 132 Å². The first-order valence-corrected chi connectivity index (χ1v) is 17.8. The van der Waals surface area contributed by atoms with Crippen LogP contribution in [0.25, 0.3) is 33.6 Å². The molecule has 8 nitrogen and oxygen atoms in total. The van der Waals surface area contributed by atoms with Gasteiger partial charge in [0.25, 0.3) is 0 Å². The molecule has 2 aromatic heterocycles. The average Bonchev–Trinajstić information content (AvgIpc) is 3.58. The van der Waals surface area contributed by atoms with Crippen molar-refractivity contribution in [2.75, 3.05) is 24.7 Å². The van der Waals surface area contributed by atoms with Crippen molar-refractivity contribution < 1.29 is 27.8 Å². The second-order valence-electron chi connectivity index (χ2n) is 10.8. The van der Waals surface area contributed by atoms with Gasteiger partial charge in [0.1, 0.15) is 44.4 Å². The first-order valence-electron chi connectivity index (χ1n) is 15.6. The number of benzene rings is 4. The third-order valence-corrected chi connectivity index (χ3v) is 10.2. The van der Waals surface area contributed by atoms with Crippen LogP contribution in [0.4, 0.5) is 20.4 Å². The fourth-order valence-corrected chi connectivity index (χ4v) is 8.37. The number of rotatable bonds is 11. The molecule has 0 saturated carbocycles. The van der Waals surface area contributed by atoms with Gasteiger partial charge < -0.3 is 20.9 Å². The van der Waals surface area contributed by atoms with Crippen molar-refractivity contribution in [2.45, 2.75) is 23.9 Å². The fraction of sp³-hybridized carbons (Fsp3) is 0.105. The van der Waals surface area contributed by atoms with Crippen molar-refractivity contribution in [2.24, 2.45) is 0 Å². The first-order chi connectivity index (χ1) is 24.2. The van der Waals surface area contributed by atoms with Crippen LogP contribution in [0.1, 0.15) is 34.6 Å². The second kappa shape index (κ2) is 15.0. The number of nitrogens with zero attached hydrogens (tertiary/aromatic N) is 2. The maximum absolute atomic E-state index is 14.2. The minimum Gasteiger partial charge on any atom is -0.462 e. The Morgan fingerprint density at radius 3 is 1.24 bits per heavy atom. The summed E-state index contributed by atoms with van der Waals surface area (Å²) in [7, 11) is 2.51. The quantitative estimate of drug-likeness (QED) is 0.101. The number of hydrogen-bond acceptors (Lipinski definition) is 8. The Bertz CT molecular complexity index is 2000. The number of aromatic nitrogens is 2. The molecule has 6 rings (SSSR count). The van der Waals surface area contributed by atoms with Crippen molar-refractivity contribution in [1.82, 2.24) is 9.13 Å². The number of para-hydroxylation sites is 2. The first kappa shape index (κ1) is 34.4. The highest BCUT2D eigenvalue weighted by Crippen LogP contribution is 2.52. The molecule has 0 atom stereocenters. The number of anilines is 2. The van der Waals surface area contributed by atoms with Crippen LogP contribution in [0.2, 0.25) is 0 Å². The van der Waals surface area contributed by atoms with E-state index in [0.717, 1.165) is 0 Å². The lowest BCUT2D eigenvalue weighted by Gasteiger charge is -2.15. The molecule has 4 aromatic carbocycles. The number of ether oxygens (including phenoxy) is 2. The number of nitrogens with two attached hydrogens (primary N) is 2. The summed E-state index contributed by atoms with van der Waals surface area (Å²) in [5.41, 5.74) is 17.1. The highest BCUT2D eigenvalue weighted by molar-refractivity contribution is 8.76. The van der Waals surface area contributed by atoms with Gasteiger partial charge in [-0.05, 0) is 95.1 Å². The summed E-state index contributed by atoms with van der Waals surface area (Å²) in [6.07, 6.45) is 0. The van der Waals surface area contributed by atoms with Gasteiger partial charge in [-0.15, -0.1) is 0 Å². The summed E-state index contributed by atoms with van der Waals surface area (Å²) in [5.74, 6) is -1.92. The molecule has 0 bridgehead atoms.